The molecule has 5 heteroatoms. The Morgan fingerprint density at radius 3 is 2.29 bits per heavy atom. The molecule has 2 aromatic rings. The van der Waals surface area contributed by atoms with Crippen molar-refractivity contribution in [3.05, 3.63) is 37.4 Å². The molecule has 0 aliphatic heterocycles. The minimum atomic E-state index is 0.488. The molecule has 0 saturated carbocycles. The lowest BCUT2D eigenvalue weighted by Gasteiger charge is -2.07. The summed E-state index contributed by atoms with van der Waals surface area (Å²) in [4.78, 5) is 13.0. The van der Waals surface area contributed by atoms with Gasteiger partial charge in [-0.05, 0) is 61.4 Å². The normalized spacial score (nSPS) is 14.8. The van der Waals surface area contributed by atoms with Crippen molar-refractivity contribution in [2.24, 2.45) is 0 Å². The van der Waals surface area contributed by atoms with Crippen molar-refractivity contribution < 1.29 is 9.53 Å². The van der Waals surface area contributed by atoms with Gasteiger partial charge in [0.25, 0.3) is 6.47 Å². The molecule has 0 radical (unpaired) electrons. The van der Waals surface area contributed by atoms with E-state index < -0.39 is 0 Å². The van der Waals surface area contributed by atoms with E-state index in [2.05, 4.69) is 19.9 Å². The van der Waals surface area contributed by atoms with Crippen LogP contribution >= 0.6 is 34.3 Å². The maximum atomic E-state index is 10.5. The third-order valence-corrected chi connectivity index (χ3v) is 5.94. The van der Waals surface area contributed by atoms with Crippen LogP contribution in [0.15, 0.2) is 12.1 Å². The van der Waals surface area contributed by atoms with Crippen molar-refractivity contribution in [2.45, 2.75) is 33.1 Å². The molecule has 0 unspecified atom stereocenters. The number of aryl methyl sites for hydroxylation is 2. The zero-order valence-electron chi connectivity index (χ0n) is 11.9. The first kappa shape index (κ1) is 14.8. The fourth-order valence-corrected chi connectivity index (χ4v) is 5.02. The van der Waals surface area contributed by atoms with Crippen molar-refractivity contribution in [1.82, 2.24) is 0 Å². The van der Waals surface area contributed by atoms with E-state index in [9.17, 15) is 4.79 Å². The molecule has 0 atom stereocenters. The Kier molecular flexibility index (Phi) is 4.20. The molecule has 0 spiro atoms. The number of carbonyl (C=O) groups excluding carboxylic acids is 1. The van der Waals surface area contributed by atoms with Gasteiger partial charge < -0.3 is 4.74 Å². The molecule has 0 N–H and O–H groups in total. The summed E-state index contributed by atoms with van der Waals surface area (Å²) in [6, 6.07) is 4.06. The number of allylic oxidation sites excluding steroid dienone is 2. The average molecular weight is 339 g/mol. The number of ether oxygens (including phenoxy) is 1. The largest absolute Gasteiger partial charge is 0.418 e. The maximum Gasteiger partial charge on any atom is 0.299 e. The predicted octanol–water partition coefficient (Wildman–Crippen LogP) is 5.71. The molecule has 1 aliphatic carbocycles. The third kappa shape index (κ3) is 2.80. The van der Waals surface area contributed by atoms with E-state index in [1.54, 1.807) is 11.3 Å². The van der Waals surface area contributed by atoms with E-state index >= 15 is 0 Å². The molecular formula is C16H15ClO2S2. The lowest BCUT2D eigenvalue weighted by molar-refractivity contribution is -0.120. The topological polar surface area (TPSA) is 26.3 Å². The average Bonchev–Trinajstić information content (AvgIpc) is 3.09. The first-order chi connectivity index (χ1) is 10.1. The number of hydrogen-bond donors (Lipinski definition) is 0. The molecule has 0 saturated heterocycles. The van der Waals surface area contributed by atoms with Gasteiger partial charge in [-0.3, -0.25) is 4.79 Å². The predicted molar refractivity (Wildman–Crippen MR) is 90.5 cm³/mol. The van der Waals surface area contributed by atoms with Gasteiger partial charge in [0.15, 0.2) is 5.06 Å². The van der Waals surface area contributed by atoms with Crippen LogP contribution in [0.3, 0.4) is 0 Å². The zero-order chi connectivity index (χ0) is 15.0. The lowest BCUT2D eigenvalue weighted by atomic mass is 9.98. The van der Waals surface area contributed by atoms with Gasteiger partial charge in [-0.25, -0.2) is 0 Å². The highest BCUT2D eigenvalue weighted by molar-refractivity contribution is 7.16. The van der Waals surface area contributed by atoms with E-state index in [0.29, 0.717) is 11.5 Å². The Morgan fingerprint density at radius 1 is 1.10 bits per heavy atom. The number of halogens is 1. The molecule has 0 fully saturated rings. The molecular weight excluding hydrogens is 324 g/mol. The molecule has 21 heavy (non-hydrogen) atoms. The monoisotopic (exact) mass is 338 g/mol. The van der Waals surface area contributed by atoms with Crippen molar-refractivity contribution in [3.8, 4) is 5.06 Å². The highest BCUT2D eigenvalue weighted by atomic mass is 35.5. The van der Waals surface area contributed by atoms with E-state index in [-0.39, 0.29) is 0 Å². The summed E-state index contributed by atoms with van der Waals surface area (Å²) >= 11 is 9.31. The first-order valence-corrected chi connectivity index (χ1v) is 8.80. The van der Waals surface area contributed by atoms with Gasteiger partial charge in [-0.2, -0.15) is 0 Å². The number of thiophene rings is 2. The Bertz CT molecular complexity index is 725. The Morgan fingerprint density at radius 2 is 1.71 bits per heavy atom. The van der Waals surface area contributed by atoms with Crippen LogP contribution in [0, 0.1) is 13.8 Å². The Balaban J connectivity index is 2.08. The van der Waals surface area contributed by atoms with Gasteiger partial charge in [0.1, 0.15) is 0 Å². The molecule has 110 valence electrons. The second-order valence-electron chi connectivity index (χ2n) is 5.08. The first-order valence-electron chi connectivity index (χ1n) is 6.79. The molecule has 2 aromatic heterocycles. The van der Waals surface area contributed by atoms with E-state index in [4.69, 9.17) is 16.3 Å². The SMILES string of the molecule is Cc1sc(Cl)cc1C1=C(c2cc(OC=O)sc2C)CCC1. The number of carbonyl (C=O) groups is 1. The smallest absolute Gasteiger partial charge is 0.299 e. The van der Waals surface area contributed by atoms with Crippen molar-refractivity contribution in [1.29, 1.82) is 0 Å². The van der Waals surface area contributed by atoms with Crippen LogP contribution < -0.4 is 4.74 Å². The fourth-order valence-electron chi connectivity index (χ4n) is 2.94. The molecule has 1 aliphatic rings. The van der Waals surface area contributed by atoms with Crippen LogP contribution in [-0.4, -0.2) is 6.47 Å². The van der Waals surface area contributed by atoms with Crippen LogP contribution in [0.25, 0.3) is 11.1 Å². The molecule has 0 aromatic carbocycles. The van der Waals surface area contributed by atoms with E-state index in [0.717, 1.165) is 23.6 Å². The summed E-state index contributed by atoms with van der Waals surface area (Å²) in [6.45, 7) is 4.69. The Hall–Kier alpha value is -1.10. The van der Waals surface area contributed by atoms with Gasteiger partial charge in [0.2, 0.25) is 0 Å². The van der Waals surface area contributed by atoms with Crippen LogP contribution in [0.1, 0.15) is 40.1 Å². The molecule has 3 rings (SSSR count). The van der Waals surface area contributed by atoms with Gasteiger partial charge in [0, 0.05) is 15.8 Å². The lowest BCUT2D eigenvalue weighted by Crippen LogP contribution is -1.87. The van der Waals surface area contributed by atoms with Crippen LogP contribution in [0.4, 0.5) is 0 Å². The number of rotatable bonds is 4. The second kappa shape index (κ2) is 5.95. The van der Waals surface area contributed by atoms with E-state index in [1.165, 1.54) is 43.4 Å². The zero-order valence-corrected chi connectivity index (χ0v) is 14.3. The summed E-state index contributed by atoms with van der Waals surface area (Å²) in [5.74, 6) is 0. The highest BCUT2D eigenvalue weighted by Gasteiger charge is 2.23. The fraction of sp³-hybridized carbons (Fsp3) is 0.312. The second-order valence-corrected chi connectivity index (χ2v) is 8.19. The number of hydrogen-bond acceptors (Lipinski definition) is 4. The molecule has 2 nitrogen and oxygen atoms in total. The van der Waals surface area contributed by atoms with Gasteiger partial charge in [0.05, 0.1) is 4.34 Å². The van der Waals surface area contributed by atoms with Gasteiger partial charge >= 0.3 is 0 Å². The van der Waals surface area contributed by atoms with Crippen molar-refractivity contribution in [3.63, 3.8) is 0 Å². The van der Waals surface area contributed by atoms with Gasteiger partial charge in [-0.1, -0.05) is 11.6 Å². The Labute approximate surface area is 137 Å². The third-order valence-electron chi connectivity index (χ3n) is 3.82. The summed E-state index contributed by atoms with van der Waals surface area (Å²) in [5, 5.41) is 0.663. The standard InChI is InChI=1S/C16H15ClO2S2/c1-9-13(6-15(17)20-9)11-4-3-5-12(11)14-7-16(19-8-18)21-10(14)2/h6-8H,3-5H2,1-2H3. The minimum absolute atomic E-state index is 0.488. The maximum absolute atomic E-state index is 10.5. The van der Waals surface area contributed by atoms with E-state index in [1.807, 2.05) is 6.07 Å². The van der Waals surface area contributed by atoms with Crippen molar-refractivity contribution in [2.75, 3.05) is 0 Å². The molecule has 2 heterocycles. The highest BCUT2D eigenvalue weighted by Crippen LogP contribution is 2.46. The van der Waals surface area contributed by atoms with Crippen LogP contribution in [-0.2, 0) is 4.79 Å². The molecule has 0 bridgehead atoms. The van der Waals surface area contributed by atoms with Crippen molar-refractivity contribution >= 4 is 51.9 Å². The summed E-state index contributed by atoms with van der Waals surface area (Å²) in [6.07, 6.45) is 3.32. The minimum Gasteiger partial charge on any atom is -0.418 e. The molecule has 0 amide bonds. The van der Waals surface area contributed by atoms with Gasteiger partial charge in [-0.15, -0.1) is 22.7 Å². The summed E-state index contributed by atoms with van der Waals surface area (Å²) in [7, 11) is 0. The van der Waals surface area contributed by atoms with Crippen LogP contribution in [0.5, 0.6) is 5.06 Å². The summed E-state index contributed by atoms with van der Waals surface area (Å²) < 4.78 is 5.83. The quantitative estimate of drug-likeness (QED) is 0.667. The summed E-state index contributed by atoms with van der Waals surface area (Å²) in [5.41, 5.74) is 5.27. The van der Waals surface area contributed by atoms with Crippen LogP contribution in [0.2, 0.25) is 4.34 Å².